The zero-order valence-electron chi connectivity index (χ0n) is 29.2. The summed E-state index contributed by atoms with van der Waals surface area (Å²) in [5.41, 5.74) is 3.61. The van der Waals surface area contributed by atoms with Crippen LogP contribution in [0.2, 0.25) is 0 Å². The van der Waals surface area contributed by atoms with Crippen LogP contribution in [0.15, 0.2) is 123 Å². The van der Waals surface area contributed by atoms with E-state index in [4.69, 9.17) is 22.4 Å². The molecule has 54 heavy (non-hydrogen) atoms. The fourth-order valence-electron chi connectivity index (χ4n) is 4.63. The minimum Gasteiger partial charge on any atom is -0.497 e. The van der Waals surface area contributed by atoms with Gasteiger partial charge in [-0.15, -0.1) is 0 Å². The lowest BCUT2D eigenvalue weighted by molar-refractivity contribution is 0.272. The van der Waals surface area contributed by atoms with E-state index in [2.05, 4.69) is 26.1 Å². The van der Waals surface area contributed by atoms with Crippen molar-refractivity contribution in [2.75, 3.05) is 14.2 Å². The van der Waals surface area contributed by atoms with Crippen molar-refractivity contribution in [2.45, 2.75) is 26.3 Å². The Morgan fingerprint density at radius 1 is 0.648 bits per heavy atom. The lowest BCUT2D eigenvalue weighted by Crippen LogP contribution is -2.26. The van der Waals surface area contributed by atoms with E-state index in [1.54, 1.807) is 26.4 Å². The average Bonchev–Trinajstić information content (AvgIpc) is 3.17. The van der Waals surface area contributed by atoms with E-state index in [0.29, 0.717) is 39.0 Å². The summed E-state index contributed by atoms with van der Waals surface area (Å²) in [7, 11) is 8.44. The number of aromatic nitrogens is 4. The Balaban J connectivity index is 0.000000307. The minimum absolute atomic E-state index is 0. The molecule has 16 heteroatoms. The lowest BCUT2D eigenvalue weighted by atomic mass is 9.97. The number of hydrogen-bond acceptors (Lipinski definition) is 8. The van der Waals surface area contributed by atoms with E-state index in [-0.39, 0.29) is 53.5 Å². The second kappa shape index (κ2) is 21.9. The van der Waals surface area contributed by atoms with Crippen molar-refractivity contribution >= 4 is 29.2 Å². The summed E-state index contributed by atoms with van der Waals surface area (Å²) < 4.78 is 38.4. The third kappa shape index (κ3) is 12.9. The molecule has 6 aromatic rings. The first-order valence-electron chi connectivity index (χ1n) is 15.7. The van der Waals surface area contributed by atoms with E-state index in [0.717, 1.165) is 22.6 Å². The van der Waals surface area contributed by atoms with Gasteiger partial charge in [0.25, 0.3) is 11.1 Å². The zero-order chi connectivity index (χ0) is 37.6. The van der Waals surface area contributed by atoms with Crippen LogP contribution in [-0.4, -0.2) is 62.8 Å². The highest BCUT2D eigenvalue weighted by Crippen LogP contribution is 2.18. The molecule has 12 nitrogen and oxygen atoms in total. The predicted octanol–water partition coefficient (Wildman–Crippen LogP) is 3.12. The van der Waals surface area contributed by atoms with Crippen LogP contribution in [0.25, 0.3) is 11.1 Å². The third-order valence-corrected chi connectivity index (χ3v) is 7.91. The number of nitrogens with zero attached hydrogens (tertiary/aromatic N) is 4. The molecule has 0 atom stereocenters. The highest BCUT2D eigenvalue weighted by molar-refractivity contribution is 9.10. The molecule has 2 radical (unpaired) electrons. The van der Waals surface area contributed by atoms with Crippen molar-refractivity contribution < 1.29 is 39.4 Å². The first kappa shape index (κ1) is 44.6. The number of aliphatic hydroxyl groups is 2. The molecule has 6 rings (SSSR count). The van der Waals surface area contributed by atoms with Crippen LogP contribution in [0, 0.1) is 11.6 Å². The largest absolute Gasteiger partial charge is 0.497 e. The van der Waals surface area contributed by atoms with Gasteiger partial charge in [-0.2, -0.15) is 10.2 Å². The van der Waals surface area contributed by atoms with E-state index in [1.165, 1.54) is 70.0 Å². The van der Waals surface area contributed by atoms with Crippen molar-refractivity contribution in [1.82, 2.24) is 19.6 Å². The second-order valence-corrected chi connectivity index (χ2v) is 11.9. The van der Waals surface area contributed by atoms with Gasteiger partial charge in [-0.3, -0.25) is 9.59 Å². The summed E-state index contributed by atoms with van der Waals surface area (Å²) in [5.74, 6) is 0.854. The van der Waals surface area contributed by atoms with E-state index in [1.807, 2.05) is 36.4 Å². The van der Waals surface area contributed by atoms with E-state index < -0.39 is 0 Å². The first-order chi connectivity index (χ1) is 25.0. The van der Waals surface area contributed by atoms with Gasteiger partial charge < -0.3 is 30.6 Å². The molecule has 2 aromatic heterocycles. The van der Waals surface area contributed by atoms with Crippen LogP contribution < -0.4 is 26.1 Å². The maximum atomic E-state index is 13.1. The molecule has 4 aromatic carbocycles. The highest BCUT2D eigenvalue weighted by atomic mass is 79.9. The lowest BCUT2D eigenvalue weighted by Gasteiger charge is -2.10. The van der Waals surface area contributed by atoms with Gasteiger partial charge >= 0.3 is 0 Å². The zero-order valence-corrected chi connectivity index (χ0v) is 30.8. The van der Waals surface area contributed by atoms with Crippen molar-refractivity contribution in [2.24, 2.45) is 0 Å². The molecule has 0 aliphatic rings. The van der Waals surface area contributed by atoms with E-state index >= 15 is 0 Å². The summed E-state index contributed by atoms with van der Waals surface area (Å²) in [5, 5.41) is 26.8. The summed E-state index contributed by atoms with van der Waals surface area (Å²) in [6, 6.07) is 29.1. The van der Waals surface area contributed by atoms with Gasteiger partial charge in [-0.25, -0.2) is 18.1 Å². The summed E-state index contributed by atoms with van der Waals surface area (Å²) in [6.07, 6.45) is 0. The quantitative estimate of drug-likeness (QED) is 0.208. The Kier molecular flexibility index (Phi) is 18.1. The van der Waals surface area contributed by atoms with Gasteiger partial charge in [-0.05, 0) is 93.3 Å². The van der Waals surface area contributed by atoms with Gasteiger partial charge in [0.2, 0.25) is 0 Å². The van der Waals surface area contributed by atoms with Gasteiger partial charge in [0.15, 0.2) is 0 Å². The SMILES string of the molecule is COc1ccc(Cn2nc(CO)cc(-c3ccc(F)cc3)c2=O)cc1.COc1ccc(Cn2nc(CO)cc(Br)c2=O)cc1.O.O.[B]c1ccc(F)cc1. The Bertz CT molecular complexity index is 2150. The molecule has 0 unspecified atom stereocenters. The molecule has 2 heterocycles. The van der Waals surface area contributed by atoms with Crippen LogP contribution in [-0.2, 0) is 26.3 Å². The molecule has 282 valence electrons. The number of aliphatic hydroxyl groups excluding tert-OH is 2. The minimum atomic E-state index is -0.376. The van der Waals surface area contributed by atoms with Gasteiger partial charge in [0.05, 0.1) is 61.9 Å². The number of methoxy groups -OCH3 is 2. The first-order valence-corrected chi connectivity index (χ1v) is 16.4. The molecule has 0 spiro atoms. The standard InChI is InChI=1S/C19H17FN2O3.C13H13BrN2O3.C6H4BF.2H2O/c1-25-17-8-2-13(3-9-17)11-22-19(24)18(10-16(12-23)21-22)14-4-6-15(20)7-5-14;1-19-11-4-2-9(3-5-11)7-16-13(18)12(14)6-10(8-17)15-16;7-5-1-3-6(8)4-2-5;;/h2-10,23H,11-12H2,1H3;2-6,17H,7-8H2,1H3;1-4H;2*1H2. The van der Waals surface area contributed by atoms with Crippen LogP contribution in [0.3, 0.4) is 0 Å². The van der Waals surface area contributed by atoms with E-state index in [9.17, 15) is 23.5 Å². The molecule has 0 amide bonds. The summed E-state index contributed by atoms with van der Waals surface area (Å²) in [6.45, 7) is 0.0959. The number of ether oxygens (including phenoxy) is 2. The molecule has 0 aliphatic carbocycles. The molecule has 0 fully saturated rings. The second-order valence-electron chi connectivity index (χ2n) is 11.0. The number of rotatable bonds is 9. The molecule has 0 saturated carbocycles. The van der Waals surface area contributed by atoms with Crippen molar-refractivity contribution in [3.05, 3.63) is 169 Å². The fourth-order valence-corrected chi connectivity index (χ4v) is 5.10. The Labute approximate surface area is 319 Å². The van der Waals surface area contributed by atoms with Gasteiger partial charge in [-0.1, -0.05) is 54.0 Å². The van der Waals surface area contributed by atoms with Crippen LogP contribution in [0.4, 0.5) is 8.78 Å². The van der Waals surface area contributed by atoms with Crippen LogP contribution >= 0.6 is 15.9 Å². The maximum absolute atomic E-state index is 13.1. The molecule has 0 bridgehead atoms. The van der Waals surface area contributed by atoms with Crippen molar-refractivity contribution in [1.29, 1.82) is 0 Å². The third-order valence-electron chi connectivity index (χ3n) is 7.34. The smallest absolute Gasteiger partial charge is 0.281 e. The predicted molar refractivity (Wildman–Crippen MR) is 205 cm³/mol. The highest BCUT2D eigenvalue weighted by Gasteiger charge is 2.12. The Morgan fingerprint density at radius 3 is 1.46 bits per heavy atom. The van der Waals surface area contributed by atoms with Crippen molar-refractivity contribution in [3.63, 3.8) is 0 Å². The molecule has 0 saturated heterocycles. The van der Waals surface area contributed by atoms with Gasteiger partial charge in [0.1, 0.15) is 31.0 Å². The number of hydrogen-bond donors (Lipinski definition) is 2. The normalized spacial score (nSPS) is 9.98. The Hall–Kier alpha value is -5.52. The topological polar surface area (TPSA) is 192 Å². The summed E-state index contributed by atoms with van der Waals surface area (Å²) >= 11 is 3.17. The van der Waals surface area contributed by atoms with Crippen LogP contribution in [0.1, 0.15) is 22.5 Å². The summed E-state index contributed by atoms with van der Waals surface area (Å²) in [4.78, 5) is 24.7. The molecular weight excluding hydrogens is 769 g/mol. The maximum Gasteiger partial charge on any atom is 0.281 e. The molecular formula is C38H38BBrF2N4O8. The average molecular weight is 807 g/mol. The Morgan fingerprint density at radius 2 is 1.06 bits per heavy atom. The number of benzene rings is 4. The molecule has 0 aliphatic heterocycles. The van der Waals surface area contributed by atoms with Gasteiger partial charge in [0, 0.05) is 0 Å². The van der Waals surface area contributed by atoms with Crippen LogP contribution in [0.5, 0.6) is 11.5 Å². The molecule has 6 N–H and O–H groups in total. The number of halogens is 3. The van der Waals surface area contributed by atoms with Crippen molar-refractivity contribution in [3.8, 4) is 22.6 Å². The monoisotopic (exact) mass is 806 g/mol. The fraction of sp³-hybridized carbons (Fsp3) is 0.158.